The number of aliphatic hydroxyl groups is 2. The van der Waals surface area contributed by atoms with E-state index in [2.05, 4.69) is 40.7 Å². The predicted molar refractivity (Wildman–Crippen MR) is 159 cm³/mol. The largest absolute Gasteiger partial charge is 0.481 e. The van der Waals surface area contributed by atoms with Crippen molar-refractivity contribution in [1.82, 2.24) is 0 Å². The van der Waals surface area contributed by atoms with E-state index in [9.17, 15) is 24.9 Å². The fourth-order valence-corrected chi connectivity index (χ4v) is 11.4. The van der Waals surface area contributed by atoms with Gasteiger partial charge in [-0.05, 0) is 112 Å². The maximum Gasteiger partial charge on any atom is 0.330 e. The van der Waals surface area contributed by atoms with Crippen LogP contribution in [0.3, 0.4) is 0 Å². The first-order valence-electron chi connectivity index (χ1n) is 16.0. The first-order valence-corrected chi connectivity index (χ1v) is 16.0. The molecule has 6 nitrogen and oxygen atoms in total. The van der Waals surface area contributed by atoms with Gasteiger partial charge < -0.3 is 20.1 Å². The van der Waals surface area contributed by atoms with Gasteiger partial charge in [-0.3, -0.25) is 4.79 Å². The van der Waals surface area contributed by atoms with E-state index < -0.39 is 35.0 Å². The smallest absolute Gasteiger partial charge is 0.330 e. The van der Waals surface area contributed by atoms with Crippen LogP contribution in [0.2, 0.25) is 0 Å². The van der Waals surface area contributed by atoms with Crippen molar-refractivity contribution in [1.29, 1.82) is 0 Å². The minimum absolute atomic E-state index is 0.0730. The summed E-state index contributed by atoms with van der Waals surface area (Å²) in [5.74, 6) is -1.54. The minimum Gasteiger partial charge on any atom is -0.481 e. The van der Waals surface area contributed by atoms with Crippen LogP contribution in [0.15, 0.2) is 23.3 Å². The van der Waals surface area contributed by atoms with E-state index in [-0.39, 0.29) is 33.7 Å². The van der Waals surface area contributed by atoms with Gasteiger partial charge in [-0.2, -0.15) is 0 Å². The van der Waals surface area contributed by atoms with Gasteiger partial charge >= 0.3 is 11.9 Å². The van der Waals surface area contributed by atoms with Gasteiger partial charge in [0.15, 0.2) is 0 Å². The molecule has 0 bridgehead atoms. The molecule has 0 radical (unpaired) electrons. The molecule has 0 aliphatic heterocycles. The molecule has 0 spiro atoms. The number of hydrogen-bond donors (Lipinski definition) is 3. The van der Waals surface area contributed by atoms with E-state index in [0.29, 0.717) is 31.1 Å². The SMILES string of the molecule is CC(C)=CC(=O)O[C@@H]1C[C@@H](C)[C@@](C)(O)[C@H]2C3=CC[C@@H]4[C@@]5(C)CC[C@H](O)C(C)(C)[C@@H]5CC[C@@]4(C)[C@]3(C)CC[C@]21C(=O)O. The second-order valence-corrected chi connectivity index (χ2v) is 16.5. The summed E-state index contributed by atoms with van der Waals surface area (Å²) in [6.07, 6.45) is 8.73. The van der Waals surface area contributed by atoms with Crippen LogP contribution in [0.25, 0.3) is 0 Å². The van der Waals surface area contributed by atoms with Crippen molar-refractivity contribution in [2.75, 3.05) is 0 Å². The molecule has 5 aliphatic rings. The van der Waals surface area contributed by atoms with Crippen LogP contribution in [0.4, 0.5) is 0 Å². The first-order chi connectivity index (χ1) is 18.8. The Balaban J connectivity index is 1.63. The summed E-state index contributed by atoms with van der Waals surface area (Å²) in [7, 11) is 0. The maximum atomic E-state index is 13.4. The van der Waals surface area contributed by atoms with E-state index in [0.717, 1.165) is 43.3 Å². The van der Waals surface area contributed by atoms with Gasteiger partial charge in [0, 0.05) is 12.0 Å². The van der Waals surface area contributed by atoms with E-state index >= 15 is 0 Å². The van der Waals surface area contributed by atoms with E-state index in [1.807, 2.05) is 27.7 Å². The molecule has 0 amide bonds. The normalized spacial score (nSPS) is 50.2. The van der Waals surface area contributed by atoms with Gasteiger partial charge in [0.1, 0.15) is 11.5 Å². The summed E-state index contributed by atoms with van der Waals surface area (Å²) >= 11 is 0. The summed E-state index contributed by atoms with van der Waals surface area (Å²) in [6, 6.07) is 0. The zero-order valence-electron chi connectivity index (χ0n) is 26.8. The second kappa shape index (κ2) is 9.42. The summed E-state index contributed by atoms with van der Waals surface area (Å²) in [5, 5.41) is 34.2. The highest BCUT2D eigenvalue weighted by Crippen LogP contribution is 2.76. The lowest BCUT2D eigenvalue weighted by molar-refractivity contribution is -0.236. The third-order valence-corrected chi connectivity index (χ3v) is 14.2. The molecular formula is C35H54O6. The number of allylic oxidation sites excluding steroid dienone is 2. The number of esters is 1. The molecule has 5 aliphatic carbocycles. The van der Waals surface area contributed by atoms with Crippen molar-refractivity contribution in [3.8, 4) is 0 Å². The standard InChI is InChI=1S/C35H54O6/c1-20(2)18-27(37)41-26-19-21(3)34(9,40)28-22-10-11-24-31(6)14-13-25(36)30(4,5)23(31)12-15-33(24,8)32(22,7)16-17-35(26,28)29(38)39/h10,18,21,23-26,28,36,40H,11-17,19H2,1-9H3,(H,38,39)/t21-,23+,24-,25+,26-,28-,31+,32-,33-,34-,35-/m1/s1. The average Bonchev–Trinajstić information content (AvgIpc) is 2.84. The molecule has 230 valence electrons. The highest BCUT2D eigenvalue weighted by atomic mass is 16.5. The lowest BCUT2D eigenvalue weighted by atomic mass is 9.33. The van der Waals surface area contributed by atoms with Crippen LogP contribution in [0, 0.1) is 50.7 Å². The Morgan fingerprint density at radius 1 is 0.976 bits per heavy atom. The molecule has 0 aromatic carbocycles. The number of carboxylic acid groups (broad SMARTS) is 1. The van der Waals surface area contributed by atoms with Gasteiger partial charge in [0.25, 0.3) is 0 Å². The van der Waals surface area contributed by atoms with Crippen LogP contribution < -0.4 is 0 Å². The van der Waals surface area contributed by atoms with Crippen molar-refractivity contribution in [3.63, 3.8) is 0 Å². The van der Waals surface area contributed by atoms with E-state index in [1.165, 1.54) is 6.08 Å². The summed E-state index contributed by atoms with van der Waals surface area (Å²) in [4.78, 5) is 26.3. The molecule has 0 saturated heterocycles. The number of hydrogen-bond acceptors (Lipinski definition) is 5. The Labute approximate surface area is 247 Å². The van der Waals surface area contributed by atoms with Crippen molar-refractivity contribution >= 4 is 11.9 Å². The molecule has 4 saturated carbocycles. The third-order valence-electron chi connectivity index (χ3n) is 14.2. The number of aliphatic carboxylic acids is 1. The Bertz CT molecular complexity index is 1180. The number of carbonyl (C=O) groups is 2. The van der Waals surface area contributed by atoms with Crippen LogP contribution in [0.5, 0.6) is 0 Å². The van der Waals surface area contributed by atoms with E-state index in [1.54, 1.807) is 0 Å². The fourth-order valence-electron chi connectivity index (χ4n) is 11.4. The third kappa shape index (κ3) is 3.94. The van der Waals surface area contributed by atoms with Gasteiger partial charge in [0.2, 0.25) is 0 Å². The quantitative estimate of drug-likeness (QED) is 0.198. The van der Waals surface area contributed by atoms with Crippen LogP contribution in [-0.2, 0) is 14.3 Å². The predicted octanol–water partition coefficient (Wildman–Crippen LogP) is 6.69. The molecule has 4 fully saturated rings. The Morgan fingerprint density at radius 2 is 1.63 bits per heavy atom. The molecule has 3 N–H and O–H groups in total. The fraction of sp³-hybridized carbons (Fsp3) is 0.829. The van der Waals surface area contributed by atoms with Crippen LogP contribution >= 0.6 is 0 Å². The van der Waals surface area contributed by atoms with Crippen molar-refractivity contribution in [2.24, 2.45) is 50.7 Å². The highest BCUT2D eigenvalue weighted by Gasteiger charge is 2.73. The molecule has 6 heteroatoms. The Hall–Kier alpha value is -1.66. The number of rotatable bonds is 3. The van der Waals surface area contributed by atoms with Crippen LogP contribution in [-0.4, -0.2) is 45.1 Å². The molecular weight excluding hydrogens is 516 g/mol. The Morgan fingerprint density at radius 3 is 2.24 bits per heavy atom. The average molecular weight is 571 g/mol. The van der Waals surface area contributed by atoms with Gasteiger partial charge in [-0.25, -0.2) is 4.79 Å². The first kappa shape index (κ1) is 30.8. The van der Waals surface area contributed by atoms with Crippen molar-refractivity contribution < 1.29 is 29.6 Å². The number of carbonyl (C=O) groups excluding carboxylic acids is 1. The summed E-state index contributed by atoms with van der Waals surface area (Å²) in [6.45, 7) is 19.1. The lowest BCUT2D eigenvalue weighted by Crippen LogP contribution is -2.70. The molecule has 11 atom stereocenters. The second-order valence-electron chi connectivity index (χ2n) is 16.5. The molecule has 5 rings (SSSR count). The van der Waals surface area contributed by atoms with Gasteiger partial charge in [0.05, 0.1) is 11.7 Å². The number of aliphatic hydroxyl groups excluding tert-OH is 1. The molecule has 0 unspecified atom stereocenters. The number of carboxylic acids is 1. The summed E-state index contributed by atoms with van der Waals surface area (Å²) < 4.78 is 6.01. The van der Waals surface area contributed by atoms with Crippen molar-refractivity contribution in [2.45, 2.75) is 131 Å². The van der Waals surface area contributed by atoms with Gasteiger partial charge in [-0.15, -0.1) is 0 Å². The van der Waals surface area contributed by atoms with Crippen molar-refractivity contribution in [3.05, 3.63) is 23.3 Å². The maximum absolute atomic E-state index is 13.4. The minimum atomic E-state index is -1.38. The monoisotopic (exact) mass is 570 g/mol. The molecule has 41 heavy (non-hydrogen) atoms. The number of ether oxygens (including phenoxy) is 1. The number of fused-ring (bicyclic) bond motifs is 7. The lowest BCUT2D eigenvalue weighted by Gasteiger charge is -2.72. The molecule has 0 aromatic rings. The zero-order chi connectivity index (χ0) is 30.6. The Kier molecular flexibility index (Phi) is 7.07. The topological polar surface area (TPSA) is 104 Å². The molecule has 0 heterocycles. The molecule has 0 aromatic heterocycles. The summed E-state index contributed by atoms with van der Waals surface area (Å²) in [5.41, 5.74) is -1.19. The van der Waals surface area contributed by atoms with Crippen LogP contribution in [0.1, 0.15) is 114 Å². The zero-order valence-corrected chi connectivity index (χ0v) is 26.8. The highest BCUT2D eigenvalue weighted by molar-refractivity contribution is 5.84. The van der Waals surface area contributed by atoms with Gasteiger partial charge in [-0.1, -0.05) is 58.8 Å². The van der Waals surface area contributed by atoms with E-state index in [4.69, 9.17) is 4.74 Å².